The molecule has 4 N–H and O–H groups in total. The van der Waals surface area contributed by atoms with Gasteiger partial charge in [-0.15, -0.1) is 0 Å². The molecule has 17 heavy (non-hydrogen) atoms. The van der Waals surface area contributed by atoms with Gasteiger partial charge in [-0.3, -0.25) is 4.79 Å². The Kier molecular flexibility index (Phi) is 4.97. The van der Waals surface area contributed by atoms with Gasteiger partial charge in [0.2, 0.25) is 5.91 Å². The maximum Gasteiger partial charge on any atom is 0.239 e. The van der Waals surface area contributed by atoms with Crippen LogP contribution in [0.5, 0.6) is 0 Å². The van der Waals surface area contributed by atoms with E-state index in [1.165, 1.54) is 0 Å². The first-order valence-electron chi connectivity index (χ1n) is 5.84. The van der Waals surface area contributed by atoms with E-state index in [0.717, 1.165) is 16.8 Å². The van der Waals surface area contributed by atoms with Crippen molar-refractivity contribution in [1.82, 2.24) is 5.32 Å². The van der Waals surface area contributed by atoms with Crippen LogP contribution in [0.1, 0.15) is 18.1 Å². The molecule has 0 aliphatic rings. The fraction of sp³-hybridized carbons (Fsp3) is 0.462. The average molecular weight is 235 g/mol. The monoisotopic (exact) mass is 235 g/mol. The van der Waals surface area contributed by atoms with Gasteiger partial charge in [-0.05, 0) is 31.9 Å². The van der Waals surface area contributed by atoms with Gasteiger partial charge in [0.15, 0.2) is 0 Å². The zero-order valence-corrected chi connectivity index (χ0v) is 10.7. The smallest absolute Gasteiger partial charge is 0.239 e. The molecule has 94 valence electrons. The quantitative estimate of drug-likeness (QED) is 0.718. The second-order valence-corrected chi connectivity index (χ2v) is 4.32. The van der Waals surface area contributed by atoms with E-state index in [4.69, 9.17) is 5.73 Å². The summed E-state index contributed by atoms with van der Waals surface area (Å²) in [7, 11) is 0. The highest BCUT2D eigenvalue weighted by atomic mass is 16.1. The van der Waals surface area contributed by atoms with E-state index in [1.807, 2.05) is 39.0 Å². The highest BCUT2D eigenvalue weighted by Gasteiger charge is 2.07. The molecule has 0 fully saturated rings. The van der Waals surface area contributed by atoms with E-state index in [9.17, 15) is 4.79 Å². The highest BCUT2D eigenvalue weighted by Crippen LogP contribution is 2.18. The molecule has 1 aromatic carbocycles. The number of hydrogen-bond donors (Lipinski definition) is 3. The number of hydrogen-bond acceptors (Lipinski definition) is 3. The van der Waals surface area contributed by atoms with Crippen molar-refractivity contribution in [2.75, 3.05) is 18.4 Å². The van der Waals surface area contributed by atoms with Crippen molar-refractivity contribution in [1.29, 1.82) is 0 Å². The highest BCUT2D eigenvalue weighted by molar-refractivity contribution is 5.81. The van der Waals surface area contributed by atoms with Crippen LogP contribution in [-0.4, -0.2) is 25.0 Å². The molecule has 0 unspecified atom stereocenters. The van der Waals surface area contributed by atoms with Crippen molar-refractivity contribution in [2.24, 2.45) is 5.73 Å². The molecular weight excluding hydrogens is 214 g/mol. The first-order chi connectivity index (χ1) is 8.04. The molecular formula is C13H21N3O. The molecule has 1 atom stereocenters. The van der Waals surface area contributed by atoms with Crippen LogP contribution in [0.25, 0.3) is 0 Å². The Hall–Kier alpha value is -1.55. The van der Waals surface area contributed by atoms with Crippen LogP contribution >= 0.6 is 0 Å². The van der Waals surface area contributed by atoms with Crippen LogP contribution in [0, 0.1) is 13.8 Å². The zero-order valence-electron chi connectivity index (χ0n) is 10.7. The van der Waals surface area contributed by atoms with Gasteiger partial charge in [0.05, 0.1) is 6.54 Å². The van der Waals surface area contributed by atoms with Gasteiger partial charge < -0.3 is 16.4 Å². The molecule has 0 radical (unpaired) electrons. The molecule has 0 spiro atoms. The van der Waals surface area contributed by atoms with Gasteiger partial charge in [0.25, 0.3) is 0 Å². The maximum atomic E-state index is 11.6. The predicted molar refractivity (Wildman–Crippen MR) is 71.1 cm³/mol. The normalized spacial score (nSPS) is 12.0. The lowest BCUT2D eigenvalue weighted by Crippen LogP contribution is -2.40. The third kappa shape index (κ3) is 4.07. The van der Waals surface area contributed by atoms with Crippen molar-refractivity contribution >= 4 is 11.6 Å². The van der Waals surface area contributed by atoms with Crippen molar-refractivity contribution in [3.05, 3.63) is 29.3 Å². The number of anilines is 1. The summed E-state index contributed by atoms with van der Waals surface area (Å²) in [5.74, 6) is -0.0365. The number of carbonyl (C=O) groups excluding carboxylic acids is 1. The SMILES string of the molecule is Cc1cccc(C)c1NCC(=O)N[C@@H](C)CN. The molecule has 0 aliphatic carbocycles. The lowest BCUT2D eigenvalue weighted by atomic mass is 10.1. The Labute approximate surface area is 103 Å². The van der Waals surface area contributed by atoms with E-state index < -0.39 is 0 Å². The lowest BCUT2D eigenvalue weighted by molar-refractivity contribution is -0.119. The minimum atomic E-state index is -0.0365. The fourth-order valence-electron chi connectivity index (χ4n) is 1.65. The van der Waals surface area contributed by atoms with Crippen LogP contribution in [-0.2, 0) is 4.79 Å². The van der Waals surface area contributed by atoms with Crippen molar-refractivity contribution < 1.29 is 4.79 Å². The number of rotatable bonds is 5. The summed E-state index contributed by atoms with van der Waals surface area (Å²) in [6, 6.07) is 6.07. The number of carbonyl (C=O) groups is 1. The topological polar surface area (TPSA) is 67.2 Å². The van der Waals surface area contributed by atoms with Crippen molar-refractivity contribution in [2.45, 2.75) is 26.8 Å². The Balaban J connectivity index is 2.53. The third-order valence-corrected chi connectivity index (χ3v) is 2.67. The number of nitrogens with two attached hydrogens (primary N) is 1. The second kappa shape index (κ2) is 6.25. The molecule has 0 saturated carbocycles. The summed E-state index contributed by atoms with van der Waals surface area (Å²) in [4.78, 5) is 11.6. The molecule has 0 heterocycles. The molecule has 1 aromatic rings. The van der Waals surface area contributed by atoms with Crippen molar-refractivity contribution in [3.63, 3.8) is 0 Å². The Morgan fingerprint density at radius 2 is 1.94 bits per heavy atom. The van der Waals surface area contributed by atoms with Gasteiger partial charge in [-0.25, -0.2) is 0 Å². The van der Waals surface area contributed by atoms with E-state index in [-0.39, 0.29) is 18.5 Å². The molecule has 0 aromatic heterocycles. The van der Waals surface area contributed by atoms with Gasteiger partial charge in [0.1, 0.15) is 0 Å². The van der Waals surface area contributed by atoms with Crippen LogP contribution in [0.3, 0.4) is 0 Å². The van der Waals surface area contributed by atoms with E-state index >= 15 is 0 Å². The standard InChI is InChI=1S/C13H21N3O/c1-9-5-4-6-10(2)13(9)15-8-12(17)16-11(3)7-14/h4-6,11,15H,7-8,14H2,1-3H3,(H,16,17)/t11-/m0/s1. The number of nitrogens with one attached hydrogen (secondary N) is 2. The average Bonchev–Trinajstić information content (AvgIpc) is 2.28. The van der Waals surface area contributed by atoms with Gasteiger partial charge in [-0.1, -0.05) is 18.2 Å². The largest absolute Gasteiger partial charge is 0.376 e. The summed E-state index contributed by atoms with van der Waals surface area (Å²) < 4.78 is 0. The fourth-order valence-corrected chi connectivity index (χ4v) is 1.65. The molecule has 0 bridgehead atoms. The minimum Gasteiger partial charge on any atom is -0.376 e. The first-order valence-corrected chi connectivity index (χ1v) is 5.84. The van der Waals surface area contributed by atoms with Crippen LogP contribution in [0.2, 0.25) is 0 Å². The Bertz CT molecular complexity index is 370. The Morgan fingerprint density at radius 1 is 1.35 bits per heavy atom. The Morgan fingerprint density at radius 3 is 2.47 bits per heavy atom. The second-order valence-electron chi connectivity index (χ2n) is 4.32. The van der Waals surface area contributed by atoms with E-state index in [1.54, 1.807) is 0 Å². The summed E-state index contributed by atoms with van der Waals surface area (Å²) in [6.07, 6.45) is 0. The number of benzene rings is 1. The molecule has 0 saturated heterocycles. The van der Waals surface area contributed by atoms with Crippen LogP contribution in [0.15, 0.2) is 18.2 Å². The molecule has 4 nitrogen and oxygen atoms in total. The third-order valence-electron chi connectivity index (χ3n) is 2.67. The summed E-state index contributed by atoms with van der Waals surface area (Å²) >= 11 is 0. The summed E-state index contributed by atoms with van der Waals surface area (Å²) in [6.45, 7) is 6.66. The molecule has 4 heteroatoms. The predicted octanol–water partition coefficient (Wildman–Crippen LogP) is 1.18. The lowest BCUT2D eigenvalue weighted by Gasteiger charge is -2.14. The summed E-state index contributed by atoms with van der Waals surface area (Å²) in [5, 5.41) is 5.97. The van der Waals surface area contributed by atoms with Crippen LogP contribution < -0.4 is 16.4 Å². The number of aryl methyl sites for hydroxylation is 2. The number of para-hydroxylation sites is 1. The molecule has 1 rings (SSSR count). The minimum absolute atomic E-state index is 0.0160. The van der Waals surface area contributed by atoms with Gasteiger partial charge in [0, 0.05) is 18.3 Å². The van der Waals surface area contributed by atoms with Crippen molar-refractivity contribution in [3.8, 4) is 0 Å². The van der Waals surface area contributed by atoms with Gasteiger partial charge in [-0.2, -0.15) is 0 Å². The molecule has 0 aliphatic heterocycles. The molecule has 1 amide bonds. The van der Waals surface area contributed by atoms with E-state index in [2.05, 4.69) is 10.6 Å². The van der Waals surface area contributed by atoms with Crippen LogP contribution in [0.4, 0.5) is 5.69 Å². The summed E-state index contributed by atoms with van der Waals surface area (Å²) in [5.41, 5.74) is 8.76. The maximum absolute atomic E-state index is 11.6. The number of amides is 1. The zero-order chi connectivity index (χ0) is 12.8. The first kappa shape index (κ1) is 13.5. The van der Waals surface area contributed by atoms with E-state index in [0.29, 0.717) is 6.54 Å². The van der Waals surface area contributed by atoms with Gasteiger partial charge >= 0.3 is 0 Å².